The van der Waals surface area contributed by atoms with Crippen LogP contribution in [0.15, 0.2) is 18.5 Å². The maximum absolute atomic E-state index is 6.04. The van der Waals surface area contributed by atoms with Gasteiger partial charge in [-0.2, -0.15) is 20.1 Å². The Labute approximate surface area is 130 Å². The summed E-state index contributed by atoms with van der Waals surface area (Å²) in [6.45, 7) is 8.25. The van der Waals surface area contributed by atoms with Crippen LogP contribution in [-0.2, 0) is 0 Å². The summed E-state index contributed by atoms with van der Waals surface area (Å²) in [7, 11) is 0. The van der Waals surface area contributed by atoms with Gasteiger partial charge in [0, 0.05) is 25.5 Å². The van der Waals surface area contributed by atoms with Crippen molar-refractivity contribution in [3.05, 3.63) is 23.7 Å². The third-order valence-corrected chi connectivity index (χ3v) is 3.76. The van der Waals surface area contributed by atoms with Crippen LogP contribution in [0.5, 0.6) is 0 Å². The van der Waals surface area contributed by atoms with Crippen LogP contribution in [-0.4, -0.2) is 37.8 Å². The number of hydrogen-bond acceptors (Lipinski definition) is 5. The molecule has 114 valence electrons. The minimum atomic E-state index is 0.188. The number of hydrogen-bond donors (Lipinski definition) is 0. The van der Waals surface area contributed by atoms with Crippen molar-refractivity contribution in [2.75, 3.05) is 18.0 Å². The Morgan fingerprint density at radius 3 is 2.52 bits per heavy atom. The third kappa shape index (κ3) is 3.91. The topological polar surface area (TPSA) is 59.7 Å². The quantitative estimate of drug-likeness (QED) is 0.787. The van der Waals surface area contributed by atoms with Gasteiger partial charge in [-0.05, 0) is 30.5 Å². The van der Waals surface area contributed by atoms with Crippen molar-refractivity contribution in [3.63, 3.8) is 0 Å². The van der Waals surface area contributed by atoms with Crippen molar-refractivity contribution in [3.8, 4) is 5.95 Å². The molecule has 0 atom stereocenters. The van der Waals surface area contributed by atoms with Crippen LogP contribution in [0.1, 0.15) is 33.6 Å². The molecule has 0 radical (unpaired) electrons. The summed E-state index contributed by atoms with van der Waals surface area (Å²) in [5.41, 5.74) is 0. The fourth-order valence-corrected chi connectivity index (χ4v) is 2.32. The van der Waals surface area contributed by atoms with Gasteiger partial charge >= 0.3 is 0 Å². The molecule has 21 heavy (non-hydrogen) atoms. The van der Waals surface area contributed by atoms with E-state index in [4.69, 9.17) is 11.6 Å². The second-order valence-electron chi connectivity index (χ2n) is 4.88. The predicted octanol–water partition coefficient (Wildman–Crippen LogP) is 2.97. The van der Waals surface area contributed by atoms with Crippen molar-refractivity contribution in [1.82, 2.24) is 24.7 Å². The van der Waals surface area contributed by atoms with E-state index >= 15 is 0 Å². The smallest absolute Gasteiger partial charge is 0.256 e. The van der Waals surface area contributed by atoms with E-state index in [1.54, 1.807) is 17.1 Å². The van der Waals surface area contributed by atoms with Crippen molar-refractivity contribution in [2.45, 2.75) is 33.6 Å². The minimum Gasteiger partial charge on any atom is -0.341 e. The van der Waals surface area contributed by atoms with Gasteiger partial charge < -0.3 is 4.90 Å². The van der Waals surface area contributed by atoms with Crippen molar-refractivity contribution in [2.24, 2.45) is 5.92 Å². The Hall–Kier alpha value is -1.69. The Morgan fingerprint density at radius 1 is 1.19 bits per heavy atom. The van der Waals surface area contributed by atoms with Gasteiger partial charge in [-0.1, -0.05) is 26.7 Å². The van der Waals surface area contributed by atoms with Crippen LogP contribution in [0.2, 0.25) is 5.28 Å². The molecule has 0 aromatic carbocycles. The molecule has 0 amide bonds. The SMILES string of the molecule is CCC(CC)CN(CC)c1nc(Cl)nc(-n2cccn2)n1. The van der Waals surface area contributed by atoms with Crippen molar-refractivity contribution < 1.29 is 0 Å². The molecule has 0 fully saturated rings. The summed E-state index contributed by atoms with van der Waals surface area (Å²) in [5, 5.41) is 4.32. The number of halogens is 1. The van der Waals surface area contributed by atoms with Gasteiger partial charge in [0.2, 0.25) is 11.2 Å². The number of aromatic nitrogens is 5. The van der Waals surface area contributed by atoms with Crippen LogP contribution in [0.3, 0.4) is 0 Å². The van der Waals surface area contributed by atoms with Gasteiger partial charge in [-0.25, -0.2) is 4.68 Å². The van der Waals surface area contributed by atoms with E-state index in [-0.39, 0.29) is 5.28 Å². The molecule has 0 aliphatic carbocycles. The van der Waals surface area contributed by atoms with Crippen LogP contribution in [0, 0.1) is 5.92 Å². The van der Waals surface area contributed by atoms with Gasteiger partial charge in [-0.15, -0.1) is 0 Å². The monoisotopic (exact) mass is 308 g/mol. The van der Waals surface area contributed by atoms with E-state index < -0.39 is 0 Å². The lowest BCUT2D eigenvalue weighted by molar-refractivity contribution is 0.482. The van der Waals surface area contributed by atoms with Crippen LogP contribution < -0.4 is 4.90 Å². The molecular formula is C14H21ClN6. The molecule has 2 aromatic heterocycles. The van der Waals surface area contributed by atoms with E-state index in [0.29, 0.717) is 17.8 Å². The maximum atomic E-state index is 6.04. The van der Waals surface area contributed by atoms with E-state index in [0.717, 1.165) is 25.9 Å². The number of nitrogens with zero attached hydrogens (tertiary/aromatic N) is 6. The highest BCUT2D eigenvalue weighted by molar-refractivity contribution is 6.28. The Balaban J connectivity index is 2.29. The zero-order valence-corrected chi connectivity index (χ0v) is 13.5. The van der Waals surface area contributed by atoms with Gasteiger partial charge in [-0.3, -0.25) is 0 Å². The fourth-order valence-electron chi connectivity index (χ4n) is 2.17. The maximum Gasteiger partial charge on any atom is 0.256 e. The Kier molecular flexibility index (Phi) is 5.50. The molecule has 2 heterocycles. The first-order valence-electron chi connectivity index (χ1n) is 7.34. The highest BCUT2D eigenvalue weighted by Crippen LogP contribution is 2.17. The average molecular weight is 309 g/mol. The molecule has 7 heteroatoms. The van der Waals surface area contributed by atoms with Gasteiger partial charge in [0.1, 0.15) is 0 Å². The van der Waals surface area contributed by atoms with Gasteiger partial charge in [0.05, 0.1) is 0 Å². The molecule has 6 nitrogen and oxygen atoms in total. The Morgan fingerprint density at radius 2 is 1.95 bits per heavy atom. The van der Waals surface area contributed by atoms with Crippen LogP contribution in [0.4, 0.5) is 5.95 Å². The van der Waals surface area contributed by atoms with Gasteiger partial charge in [0.15, 0.2) is 0 Å². The molecule has 0 aliphatic heterocycles. The normalized spacial score (nSPS) is 11.1. The first kappa shape index (κ1) is 15.7. The van der Waals surface area contributed by atoms with Gasteiger partial charge in [0.25, 0.3) is 5.95 Å². The summed E-state index contributed by atoms with van der Waals surface area (Å²) < 4.78 is 1.59. The molecule has 0 saturated carbocycles. The van der Waals surface area contributed by atoms with Crippen LogP contribution in [0.25, 0.3) is 5.95 Å². The van der Waals surface area contributed by atoms with E-state index in [1.165, 1.54) is 0 Å². The first-order valence-corrected chi connectivity index (χ1v) is 7.72. The van der Waals surface area contributed by atoms with E-state index in [1.807, 2.05) is 6.07 Å². The summed E-state index contributed by atoms with van der Waals surface area (Å²) >= 11 is 6.04. The van der Waals surface area contributed by atoms with Crippen molar-refractivity contribution >= 4 is 17.5 Å². The van der Waals surface area contributed by atoms with E-state index in [9.17, 15) is 0 Å². The summed E-state index contributed by atoms with van der Waals surface area (Å²) in [5.74, 6) is 1.67. The van der Waals surface area contributed by atoms with Crippen molar-refractivity contribution in [1.29, 1.82) is 0 Å². The molecule has 0 aliphatic rings. The second-order valence-corrected chi connectivity index (χ2v) is 5.21. The third-order valence-electron chi connectivity index (χ3n) is 3.59. The Bertz CT molecular complexity index is 553. The minimum absolute atomic E-state index is 0.188. The summed E-state index contributed by atoms with van der Waals surface area (Å²) in [6.07, 6.45) is 5.74. The lowest BCUT2D eigenvalue weighted by Gasteiger charge is -2.25. The van der Waals surface area contributed by atoms with E-state index in [2.05, 4.69) is 45.7 Å². The molecular weight excluding hydrogens is 288 g/mol. The molecule has 2 aromatic rings. The fraction of sp³-hybridized carbons (Fsp3) is 0.571. The number of rotatable bonds is 7. The molecule has 0 N–H and O–H groups in total. The largest absolute Gasteiger partial charge is 0.341 e. The highest BCUT2D eigenvalue weighted by atomic mass is 35.5. The highest BCUT2D eigenvalue weighted by Gasteiger charge is 2.16. The molecule has 0 saturated heterocycles. The predicted molar refractivity (Wildman–Crippen MR) is 83.9 cm³/mol. The summed E-state index contributed by atoms with van der Waals surface area (Å²) in [6, 6.07) is 1.82. The second kappa shape index (κ2) is 7.36. The molecule has 2 rings (SSSR count). The molecule has 0 bridgehead atoms. The van der Waals surface area contributed by atoms with Crippen LogP contribution >= 0.6 is 11.6 Å². The summed E-state index contributed by atoms with van der Waals surface area (Å²) in [4.78, 5) is 15.0. The first-order chi connectivity index (χ1) is 10.2. The molecule has 0 spiro atoms. The zero-order valence-electron chi connectivity index (χ0n) is 12.7. The lowest BCUT2D eigenvalue weighted by Crippen LogP contribution is -2.31. The zero-order chi connectivity index (χ0) is 15.2. The standard InChI is InChI=1S/C14H21ClN6/c1-4-11(5-2)10-20(6-3)13-17-12(15)18-14(19-13)21-9-7-8-16-21/h7-9,11H,4-6,10H2,1-3H3. The molecule has 0 unspecified atom stereocenters. The number of anilines is 1. The lowest BCUT2D eigenvalue weighted by atomic mass is 10.0. The average Bonchev–Trinajstić information content (AvgIpc) is 3.02.